The number of phenols is 2. The third-order valence-corrected chi connectivity index (χ3v) is 4.92. The molecular weight excluding hydrogens is 378 g/mol. The molecule has 0 saturated heterocycles. The summed E-state index contributed by atoms with van der Waals surface area (Å²) in [5, 5.41) is 30.1. The Bertz CT molecular complexity index is 1020. The predicted molar refractivity (Wildman–Crippen MR) is 110 cm³/mol. The van der Waals surface area contributed by atoms with Crippen molar-refractivity contribution < 1.29 is 24.9 Å². The van der Waals surface area contributed by atoms with Crippen LogP contribution in [-0.2, 0) is 9.53 Å². The fraction of sp³-hybridized carbons (Fsp3) is 0.143. The normalized spacial score (nSPS) is 16.8. The monoisotopic (exact) mass is 397 g/mol. The van der Waals surface area contributed by atoms with Crippen molar-refractivity contribution in [3.05, 3.63) is 69.8 Å². The van der Waals surface area contributed by atoms with E-state index in [2.05, 4.69) is 4.99 Å². The molecule has 0 saturated carbocycles. The molecule has 0 unspecified atom stereocenters. The molecule has 28 heavy (non-hydrogen) atoms. The molecule has 1 heterocycles. The van der Waals surface area contributed by atoms with Crippen molar-refractivity contribution in [2.75, 3.05) is 6.61 Å². The Morgan fingerprint density at radius 3 is 2.61 bits per heavy atom. The lowest BCUT2D eigenvalue weighted by molar-refractivity contribution is -0.138. The van der Waals surface area contributed by atoms with Gasteiger partial charge in [0.1, 0.15) is 16.4 Å². The van der Waals surface area contributed by atoms with Gasteiger partial charge >= 0.3 is 5.97 Å². The highest BCUT2D eigenvalue weighted by Gasteiger charge is 2.33. The summed E-state index contributed by atoms with van der Waals surface area (Å²) in [5.74, 6) is -1.41. The molecule has 0 aliphatic carbocycles. The van der Waals surface area contributed by atoms with Gasteiger partial charge in [-0.05, 0) is 55.3 Å². The number of carbonyl (C=O) groups excluding carboxylic acids is 1. The Kier molecular flexibility index (Phi) is 5.75. The van der Waals surface area contributed by atoms with Crippen LogP contribution in [0.4, 0.5) is 5.69 Å². The van der Waals surface area contributed by atoms with Gasteiger partial charge in [-0.15, -0.1) is 0 Å². The van der Waals surface area contributed by atoms with E-state index in [-0.39, 0.29) is 29.4 Å². The zero-order valence-corrected chi connectivity index (χ0v) is 16.2. The SMILES string of the molecule is CCOC(=O)C1=C(O)/C(=C\c2ccc(O)c(O)c2)SC1=Nc1cccc(C)c1. The van der Waals surface area contributed by atoms with E-state index in [1.165, 1.54) is 12.1 Å². The van der Waals surface area contributed by atoms with Crippen molar-refractivity contribution >= 4 is 34.5 Å². The van der Waals surface area contributed by atoms with Crippen LogP contribution in [0.15, 0.2) is 63.7 Å². The molecule has 3 N–H and O–H groups in total. The summed E-state index contributed by atoms with van der Waals surface area (Å²) in [5.41, 5.74) is 2.22. The van der Waals surface area contributed by atoms with E-state index in [0.29, 0.717) is 21.2 Å². The molecule has 2 aromatic carbocycles. The van der Waals surface area contributed by atoms with E-state index in [1.807, 2.05) is 25.1 Å². The van der Waals surface area contributed by atoms with Gasteiger partial charge in [0, 0.05) is 0 Å². The quantitative estimate of drug-likeness (QED) is 0.515. The number of thioether (sulfide) groups is 1. The van der Waals surface area contributed by atoms with E-state index < -0.39 is 5.97 Å². The number of esters is 1. The summed E-state index contributed by atoms with van der Waals surface area (Å²) in [6, 6.07) is 11.8. The molecule has 6 nitrogen and oxygen atoms in total. The summed E-state index contributed by atoms with van der Waals surface area (Å²) in [6.45, 7) is 3.79. The fourth-order valence-electron chi connectivity index (χ4n) is 2.59. The molecule has 0 fully saturated rings. The van der Waals surface area contributed by atoms with Gasteiger partial charge in [-0.25, -0.2) is 9.79 Å². The van der Waals surface area contributed by atoms with Crippen LogP contribution >= 0.6 is 11.8 Å². The number of ether oxygens (including phenoxy) is 1. The van der Waals surface area contributed by atoms with E-state index in [1.54, 1.807) is 25.1 Å². The smallest absolute Gasteiger partial charge is 0.344 e. The van der Waals surface area contributed by atoms with Gasteiger partial charge in [0.15, 0.2) is 11.5 Å². The van der Waals surface area contributed by atoms with Crippen molar-refractivity contribution in [3.8, 4) is 11.5 Å². The molecular formula is C21H19NO5S. The van der Waals surface area contributed by atoms with Crippen molar-refractivity contribution in [3.63, 3.8) is 0 Å². The second kappa shape index (κ2) is 8.22. The van der Waals surface area contributed by atoms with Crippen LogP contribution in [0.1, 0.15) is 18.1 Å². The molecule has 0 amide bonds. The van der Waals surface area contributed by atoms with Gasteiger partial charge < -0.3 is 20.1 Å². The van der Waals surface area contributed by atoms with Crippen LogP contribution < -0.4 is 0 Å². The lowest BCUT2D eigenvalue weighted by Gasteiger charge is -2.04. The number of carbonyl (C=O) groups is 1. The first-order valence-electron chi connectivity index (χ1n) is 8.57. The number of aliphatic imine (C=N–C) groups is 1. The van der Waals surface area contributed by atoms with Crippen LogP contribution in [0, 0.1) is 6.92 Å². The van der Waals surface area contributed by atoms with Gasteiger partial charge in [0.05, 0.1) is 17.2 Å². The van der Waals surface area contributed by atoms with Crippen molar-refractivity contribution in [1.82, 2.24) is 0 Å². The Morgan fingerprint density at radius 2 is 1.93 bits per heavy atom. The highest BCUT2D eigenvalue weighted by molar-refractivity contribution is 8.18. The molecule has 0 aromatic heterocycles. The number of aliphatic hydroxyl groups excluding tert-OH is 1. The Morgan fingerprint density at radius 1 is 1.14 bits per heavy atom. The van der Waals surface area contributed by atoms with Gasteiger partial charge in [0.2, 0.25) is 0 Å². The molecule has 0 radical (unpaired) electrons. The van der Waals surface area contributed by atoms with Gasteiger partial charge in [-0.2, -0.15) is 0 Å². The zero-order chi connectivity index (χ0) is 20.3. The largest absolute Gasteiger partial charge is 0.506 e. The molecule has 2 aromatic rings. The number of hydrogen-bond acceptors (Lipinski definition) is 7. The average molecular weight is 397 g/mol. The third kappa shape index (κ3) is 4.20. The van der Waals surface area contributed by atoms with Crippen molar-refractivity contribution in [2.45, 2.75) is 13.8 Å². The number of phenolic OH excluding ortho intramolecular Hbond substituents is 2. The van der Waals surface area contributed by atoms with Gasteiger partial charge in [-0.1, -0.05) is 30.0 Å². The topological polar surface area (TPSA) is 99.4 Å². The van der Waals surface area contributed by atoms with Crippen molar-refractivity contribution in [2.24, 2.45) is 4.99 Å². The second-order valence-corrected chi connectivity index (χ2v) is 7.09. The molecule has 0 atom stereocenters. The molecule has 144 valence electrons. The molecule has 0 bridgehead atoms. The number of aryl methyl sites for hydroxylation is 1. The fourth-order valence-corrected chi connectivity index (χ4v) is 3.62. The minimum absolute atomic E-state index is 0.00241. The summed E-state index contributed by atoms with van der Waals surface area (Å²) < 4.78 is 5.07. The first-order chi connectivity index (χ1) is 13.4. The molecule has 1 aliphatic heterocycles. The Balaban J connectivity index is 2.05. The van der Waals surface area contributed by atoms with Gasteiger partial charge in [0.25, 0.3) is 0 Å². The van der Waals surface area contributed by atoms with E-state index in [4.69, 9.17) is 4.74 Å². The van der Waals surface area contributed by atoms with E-state index >= 15 is 0 Å². The average Bonchev–Trinajstić information content (AvgIpc) is 2.93. The highest BCUT2D eigenvalue weighted by atomic mass is 32.2. The summed E-state index contributed by atoms with van der Waals surface area (Å²) in [4.78, 5) is 17.3. The lowest BCUT2D eigenvalue weighted by atomic mass is 10.1. The second-order valence-electron chi connectivity index (χ2n) is 6.06. The number of benzene rings is 2. The van der Waals surface area contributed by atoms with Crippen LogP contribution in [0.3, 0.4) is 0 Å². The minimum atomic E-state index is -0.657. The maximum absolute atomic E-state index is 12.4. The summed E-state index contributed by atoms with van der Waals surface area (Å²) in [7, 11) is 0. The number of hydrogen-bond donors (Lipinski definition) is 3. The number of aromatic hydroxyl groups is 2. The first-order valence-corrected chi connectivity index (χ1v) is 9.38. The van der Waals surface area contributed by atoms with Crippen LogP contribution in [0.25, 0.3) is 6.08 Å². The molecule has 3 rings (SSSR count). The molecule has 7 heteroatoms. The number of aliphatic hydroxyl groups is 1. The highest BCUT2D eigenvalue weighted by Crippen LogP contribution is 2.40. The van der Waals surface area contributed by atoms with Crippen LogP contribution in [-0.4, -0.2) is 32.9 Å². The van der Waals surface area contributed by atoms with E-state index in [0.717, 1.165) is 17.3 Å². The summed E-state index contributed by atoms with van der Waals surface area (Å²) >= 11 is 1.13. The van der Waals surface area contributed by atoms with Crippen LogP contribution in [0.2, 0.25) is 0 Å². The van der Waals surface area contributed by atoms with Crippen molar-refractivity contribution in [1.29, 1.82) is 0 Å². The maximum Gasteiger partial charge on any atom is 0.344 e. The molecule has 1 aliphatic rings. The first kappa shape index (κ1) is 19.6. The Hall–Kier alpha value is -3.19. The lowest BCUT2D eigenvalue weighted by Crippen LogP contribution is -2.12. The van der Waals surface area contributed by atoms with Gasteiger partial charge in [-0.3, -0.25) is 0 Å². The molecule has 0 spiro atoms. The predicted octanol–water partition coefficient (Wildman–Crippen LogP) is 4.60. The van der Waals surface area contributed by atoms with Crippen LogP contribution in [0.5, 0.6) is 11.5 Å². The maximum atomic E-state index is 12.4. The van der Waals surface area contributed by atoms with E-state index in [9.17, 15) is 20.1 Å². The number of nitrogens with zero attached hydrogens (tertiary/aromatic N) is 1. The minimum Gasteiger partial charge on any atom is -0.506 e. The Labute approximate surface area is 166 Å². The zero-order valence-electron chi connectivity index (χ0n) is 15.3. The standard InChI is InChI=1S/C21H19NO5S/c1-3-27-21(26)18-19(25)17(11-13-7-8-15(23)16(24)10-13)28-20(18)22-14-6-4-5-12(2)9-14/h4-11,23-25H,3H2,1-2H3/b17-11+,22-20?. The summed E-state index contributed by atoms with van der Waals surface area (Å²) in [6.07, 6.45) is 1.59. The third-order valence-electron chi connectivity index (χ3n) is 3.90. The number of rotatable bonds is 4.